The van der Waals surface area contributed by atoms with Crippen molar-refractivity contribution in [3.05, 3.63) is 62.5 Å². The van der Waals surface area contributed by atoms with Gasteiger partial charge in [0.15, 0.2) is 0 Å². The number of amides is 1. The van der Waals surface area contributed by atoms with Crippen molar-refractivity contribution in [1.29, 1.82) is 0 Å². The lowest BCUT2D eigenvalue weighted by Gasteiger charge is -2.07. The molecule has 2 rings (SSSR count). The maximum absolute atomic E-state index is 11.9. The molecule has 0 radical (unpaired) electrons. The molecule has 2 aromatic carbocycles. The van der Waals surface area contributed by atoms with Crippen molar-refractivity contribution in [1.82, 2.24) is 5.32 Å². The summed E-state index contributed by atoms with van der Waals surface area (Å²) >= 11 is 6.60. The summed E-state index contributed by atoms with van der Waals surface area (Å²) in [7, 11) is 0. The highest BCUT2D eigenvalue weighted by molar-refractivity contribution is 9.10. The van der Waals surface area contributed by atoms with Crippen molar-refractivity contribution < 1.29 is 9.90 Å². The number of hydrogen-bond acceptors (Lipinski definition) is 2. The van der Waals surface area contributed by atoms with E-state index in [-0.39, 0.29) is 11.7 Å². The molecule has 98 valence electrons. The lowest BCUT2D eigenvalue weighted by molar-refractivity contribution is 0.0950. The molecule has 0 unspecified atom stereocenters. The summed E-state index contributed by atoms with van der Waals surface area (Å²) in [5, 5.41) is 12.4. The van der Waals surface area contributed by atoms with Crippen LogP contribution in [0.15, 0.2) is 51.4 Å². The Kier molecular flexibility index (Phi) is 4.61. The number of nitrogens with one attached hydrogen (secondary N) is 1. The van der Waals surface area contributed by atoms with Gasteiger partial charge in [-0.2, -0.15) is 0 Å². The summed E-state index contributed by atoms with van der Waals surface area (Å²) in [6.07, 6.45) is 0. The Morgan fingerprint density at radius 3 is 2.53 bits per heavy atom. The highest BCUT2D eigenvalue weighted by atomic mass is 79.9. The molecule has 0 saturated carbocycles. The van der Waals surface area contributed by atoms with Gasteiger partial charge in [-0.3, -0.25) is 4.79 Å². The summed E-state index contributed by atoms with van der Waals surface area (Å²) in [6, 6.07) is 12.4. The minimum absolute atomic E-state index is 0.0496. The fourth-order valence-corrected chi connectivity index (χ4v) is 2.24. The second-order valence-corrected chi connectivity index (χ2v) is 5.65. The lowest BCUT2D eigenvalue weighted by Crippen LogP contribution is -2.22. The molecule has 0 bridgehead atoms. The topological polar surface area (TPSA) is 49.3 Å². The van der Waals surface area contributed by atoms with E-state index in [9.17, 15) is 9.90 Å². The largest absolute Gasteiger partial charge is 0.507 e. The van der Waals surface area contributed by atoms with E-state index in [1.807, 2.05) is 24.3 Å². The van der Waals surface area contributed by atoms with E-state index in [1.165, 1.54) is 6.07 Å². The van der Waals surface area contributed by atoms with Crippen molar-refractivity contribution in [2.45, 2.75) is 6.54 Å². The zero-order chi connectivity index (χ0) is 13.8. The van der Waals surface area contributed by atoms with E-state index in [0.29, 0.717) is 16.6 Å². The summed E-state index contributed by atoms with van der Waals surface area (Å²) in [5.41, 5.74) is 1.42. The van der Waals surface area contributed by atoms with Gasteiger partial charge in [0.25, 0.3) is 5.91 Å². The Labute approximate surface area is 127 Å². The summed E-state index contributed by atoms with van der Waals surface area (Å²) in [4.78, 5) is 11.9. The molecule has 19 heavy (non-hydrogen) atoms. The molecular weight excluding hydrogens is 374 g/mol. The first-order valence-corrected chi connectivity index (χ1v) is 7.16. The van der Waals surface area contributed by atoms with Gasteiger partial charge in [-0.05, 0) is 45.8 Å². The maximum atomic E-state index is 11.9. The van der Waals surface area contributed by atoms with Crippen molar-refractivity contribution in [3.8, 4) is 5.75 Å². The Morgan fingerprint density at radius 1 is 1.11 bits per heavy atom. The van der Waals surface area contributed by atoms with Crippen LogP contribution in [0, 0.1) is 0 Å². The summed E-state index contributed by atoms with van der Waals surface area (Å²) < 4.78 is 1.52. The van der Waals surface area contributed by atoms with E-state index in [0.717, 1.165) is 10.0 Å². The van der Waals surface area contributed by atoms with Crippen LogP contribution in [0.25, 0.3) is 0 Å². The molecule has 0 heterocycles. The Balaban J connectivity index is 2.05. The Morgan fingerprint density at radius 2 is 1.84 bits per heavy atom. The van der Waals surface area contributed by atoms with Crippen molar-refractivity contribution in [2.75, 3.05) is 0 Å². The number of hydrogen-bond donors (Lipinski definition) is 2. The van der Waals surface area contributed by atoms with Gasteiger partial charge in [-0.1, -0.05) is 34.1 Å². The van der Waals surface area contributed by atoms with Crippen LogP contribution in [0.3, 0.4) is 0 Å². The van der Waals surface area contributed by atoms with Gasteiger partial charge in [0.1, 0.15) is 5.75 Å². The smallest absolute Gasteiger partial charge is 0.251 e. The monoisotopic (exact) mass is 383 g/mol. The Hall–Kier alpha value is -1.33. The Bertz CT molecular complexity index is 614. The predicted molar refractivity (Wildman–Crippen MR) is 81.1 cm³/mol. The lowest BCUT2D eigenvalue weighted by atomic mass is 10.2. The third kappa shape index (κ3) is 3.58. The van der Waals surface area contributed by atoms with Gasteiger partial charge in [-0.15, -0.1) is 0 Å². The second kappa shape index (κ2) is 6.21. The number of phenols is 1. The molecule has 0 aliphatic carbocycles. The number of rotatable bonds is 3. The third-order valence-corrected chi connectivity index (χ3v) is 4.05. The maximum Gasteiger partial charge on any atom is 0.251 e. The number of carbonyl (C=O) groups is 1. The zero-order valence-electron chi connectivity index (χ0n) is 9.86. The quantitative estimate of drug-likeness (QED) is 0.844. The first-order chi connectivity index (χ1) is 9.08. The predicted octanol–water partition coefficient (Wildman–Crippen LogP) is 3.85. The summed E-state index contributed by atoms with van der Waals surface area (Å²) in [5.74, 6) is -0.174. The van der Waals surface area contributed by atoms with Crippen LogP contribution < -0.4 is 5.32 Å². The molecule has 1 amide bonds. The number of carbonyl (C=O) groups excluding carboxylic acids is 1. The molecule has 0 aromatic heterocycles. The molecular formula is C14H11Br2NO2. The van der Waals surface area contributed by atoms with E-state index < -0.39 is 0 Å². The fraction of sp³-hybridized carbons (Fsp3) is 0.0714. The van der Waals surface area contributed by atoms with Crippen LogP contribution in [0.2, 0.25) is 0 Å². The second-order valence-electron chi connectivity index (χ2n) is 3.94. The van der Waals surface area contributed by atoms with Crippen LogP contribution >= 0.6 is 31.9 Å². The SMILES string of the molecule is O=C(NCc1ccccc1Br)c1ccc(Br)c(O)c1. The minimum Gasteiger partial charge on any atom is -0.507 e. The standard InChI is InChI=1S/C14H11Br2NO2/c15-11-4-2-1-3-10(11)8-17-14(19)9-5-6-12(16)13(18)7-9/h1-7,18H,8H2,(H,17,19). The average molecular weight is 385 g/mol. The summed E-state index contributed by atoms with van der Waals surface area (Å²) in [6.45, 7) is 0.428. The molecule has 0 aliphatic heterocycles. The fourth-order valence-electron chi connectivity index (χ4n) is 1.57. The number of aromatic hydroxyl groups is 1. The van der Waals surface area contributed by atoms with Crippen LogP contribution in [-0.2, 0) is 6.54 Å². The minimum atomic E-state index is -0.224. The molecule has 0 saturated heterocycles. The number of benzene rings is 2. The van der Waals surface area contributed by atoms with Crippen LogP contribution in [0.1, 0.15) is 15.9 Å². The highest BCUT2D eigenvalue weighted by Crippen LogP contribution is 2.24. The van der Waals surface area contributed by atoms with Gasteiger partial charge >= 0.3 is 0 Å². The molecule has 0 atom stereocenters. The van der Waals surface area contributed by atoms with Crippen LogP contribution in [0.4, 0.5) is 0 Å². The van der Waals surface area contributed by atoms with Crippen molar-refractivity contribution in [3.63, 3.8) is 0 Å². The van der Waals surface area contributed by atoms with Crippen molar-refractivity contribution >= 4 is 37.8 Å². The molecule has 2 aromatic rings. The normalized spacial score (nSPS) is 10.2. The zero-order valence-corrected chi connectivity index (χ0v) is 13.0. The van der Waals surface area contributed by atoms with Crippen LogP contribution in [0.5, 0.6) is 5.75 Å². The van der Waals surface area contributed by atoms with E-state index >= 15 is 0 Å². The first kappa shape index (κ1) is 14.1. The molecule has 5 heteroatoms. The van der Waals surface area contributed by atoms with E-state index in [1.54, 1.807) is 12.1 Å². The number of phenolic OH excluding ortho intramolecular Hbond substituents is 1. The third-order valence-electron chi connectivity index (χ3n) is 2.61. The van der Waals surface area contributed by atoms with E-state index in [4.69, 9.17) is 0 Å². The average Bonchev–Trinajstić information content (AvgIpc) is 2.40. The molecule has 2 N–H and O–H groups in total. The molecule has 3 nitrogen and oxygen atoms in total. The van der Waals surface area contributed by atoms with Gasteiger partial charge in [-0.25, -0.2) is 0 Å². The van der Waals surface area contributed by atoms with Crippen molar-refractivity contribution in [2.24, 2.45) is 0 Å². The first-order valence-electron chi connectivity index (χ1n) is 5.58. The number of halogens is 2. The van der Waals surface area contributed by atoms with Gasteiger partial charge in [0.2, 0.25) is 0 Å². The van der Waals surface area contributed by atoms with Gasteiger partial charge < -0.3 is 10.4 Å². The highest BCUT2D eigenvalue weighted by Gasteiger charge is 2.08. The molecule has 0 aliphatic rings. The van der Waals surface area contributed by atoms with Gasteiger partial charge in [0.05, 0.1) is 4.47 Å². The van der Waals surface area contributed by atoms with Crippen LogP contribution in [-0.4, -0.2) is 11.0 Å². The molecule has 0 fully saturated rings. The van der Waals surface area contributed by atoms with Gasteiger partial charge in [0, 0.05) is 16.6 Å². The molecule has 0 spiro atoms. The van der Waals surface area contributed by atoms with E-state index in [2.05, 4.69) is 37.2 Å².